The molecule has 0 saturated heterocycles. The number of hydrogen-bond donors (Lipinski definition) is 0. The maximum Gasteiger partial charge on any atom is 0.127 e. The van der Waals surface area contributed by atoms with Crippen LogP contribution in [-0.2, 0) is 32.7 Å². The Hall–Kier alpha value is -1.90. The standard InChI is InChI=1S/C29H27O2.Y/c1-2-8-20(9-3-1)23-18-30-26-16-14-21-10-4-6-12-24(21)28(26)29-25-13-7-5-11-22(25)15-17-27(29)31-19-23;/h1,4-7,10-17,20,23H,2-3,8-9,18-19H2;/q-1;. The Morgan fingerprint density at radius 2 is 1.09 bits per heavy atom. The predicted octanol–water partition coefficient (Wildman–Crippen LogP) is 7.44. The number of ether oxygens (including phenoxy) is 2. The Morgan fingerprint density at radius 3 is 1.62 bits per heavy atom. The summed E-state index contributed by atoms with van der Waals surface area (Å²) >= 11 is 0. The Kier molecular flexibility index (Phi) is 6.53. The van der Waals surface area contributed by atoms with Crippen LogP contribution >= 0.6 is 0 Å². The molecule has 6 rings (SSSR count). The van der Waals surface area contributed by atoms with Gasteiger partial charge in [0.1, 0.15) is 11.5 Å². The Morgan fingerprint density at radius 1 is 0.594 bits per heavy atom. The summed E-state index contributed by atoms with van der Waals surface area (Å²) in [5.74, 6) is 3.00. The first-order chi connectivity index (χ1) is 15.4. The third kappa shape index (κ3) is 3.97. The topological polar surface area (TPSA) is 18.5 Å². The van der Waals surface area contributed by atoms with E-state index in [1.165, 1.54) is 47.2 Å². The minimum absolute atomic E-state index is 0. The molecule has 0 aromatic heterocycles. The van der Waals surface area contributed by atoms with Crippen molar-refractivity contribution in [2.45, 2.75) is 25.7 Å². The number of fused-ring (bicyclic) bond motifs is 7. The van der Waals surface area contributed by atoms with Crippen molar-refractivity contribution < 1.29 is 42.2 Å². The second kappa shape index (κ2) is 9.53. The molecule has 1 heterocycles. The third-order valence-electron chi connectivity index (χ3n) is 7.09. The molecule has 0 N–H and O–H groups in total. The summed E-state index contributed by atoms with van der Waals surface area (Å²) in [5, 5.41) is 4.88. The number of benzene rings is 4. The van der Waals surface area contributed by atoms with Crippen LogP contribution in [0.25, 0.3) is 32.7 Å². The molecular formula is C29H27O2Y-. The average molecular weight is 496 g/mol. The van der Waals surface area contributed by atoms with Gasteiger partial charge in [-0.2, -0.15) is 12.8 Å². The van der Waals surface area contributed by atoms with Crippen molar-refractivity contribution in [1.82, 2.24) is 0 Å². The maximum absolute atomic E-state index is 6.60. The van der Waals surface area contributed by atoms with Crippen molar-refractivity contribution in [3.63, 3.8) is 0 Å². The van der Waals surface area contributed by atoms with E-state index in [9.17, 15) is 0 Å². The van der Waals surface area contributed by atoms with Gasteiger partial charge in [-0.1, -0.05) is 73.5 Å². The largest absolute Gasteiger partial charge is 0.492 e. The molecule has 159 valence electrons. The molecule has 1 saturated carbocycles. The van der Waals surface area contributed by atoms with Crippen molar-refractivity contribution >= 4 is 21.5 Å². The van der Waals surface area contributed by atoms with Gasteiger partial charge in [0.15, 0.2) is 0 Å². The van der Waals surface area contributed by atoms with E-state index < -0.39 is 0 Å². The van der Waals surface area contributed by atoms with Gasteiger partial charge < -0.3 is 15.9 Å². The first-order valence-electron chi connectivity index (χ1n) is 11.5. The molecule has 0 atom stereocenters. The fourth-order valence-electron chi connectivity index (χ4n) is 5.40. The van der Waals surface area contributed by atoms with E-state index in [0.29, 0.717) is 25.0 Å². The van der Waals surface area contributed by atoms with Gasteiger partial charge in [0, 0.05) is 49.8 Å². The van der Waals surface area contributed by atoms with Gasteiger partial charge in [0.05, 0.1) is 13.2 Å². The molecule has 32 heavy (non-hydrogen) atoms. The van der Waals surface area contributed by atoms with Gasteiger partial charge in [0.2, 0.25) is 0 Å². The van der Waals surface area contributed by atoms with Crippen molar-refractivity contribution in [2.75, 3.05) is 13.2 Å². The smallest absolute Gasteiger partial charge is 0.127 e. The van der Waals surface area contributed by atoms with Crippen LogP contribution < -0.4 is 9.47 Å². The van der Waals surface area contributed by atoms with Gasteiger partial charge >= 0.3 is 0 Å². The Balaban J connectivity index is 0.00000216. The minimum atomic E-state index is 0. The van der Waals surface area contributed by atoms with Gasteiger partial charge in [-0.05, 0) is 39.6 Å². The first kappa shape index (κ1) is 21.9. The molecule has 0 unspecified atom stereocenters. The van der Waals surface area contributed by atoms with Crippen molar-refractivity contribution in [3.8, 4) is 22.6 Å². The minimum Gasteiger partial charge on any atom is -0.492 e. The molecule has 1 fully saturated rings. The summed E-state index contributed by atoms with van der Waals surface area (Å²) in [4.78, 5) is 0. The fourth-order valence-corrected chi connectivity index (χ4v) is 5.40. The summed E-state index contributed by atoms with van der Waals surface area (Å²) in [7, 11) is 0. The van der Waals surface area contributed by atoms with Gasteiger partial charge in [-0.15, -0.1) is 0 Å². The second-order valence-corrected chi connectivity index (χ2v) is 8.91. The molecule has 0 spiro atoms. The number of rotatable bonds is 1. The van der Waals surface area contributed by atoms with Crippen molar-refractivity contribution in [3.05, 3.63) is 79.2 Å². The van der Waals surface area contributed by atoms with E-state index in [-0.39, 0.29) is 32.7 Å². The molecule has 0 amide bonds. The molecule has 0 bridgehead atoms. The first-order valence-corrected chi connectivity index (χ1v) is 11.5. The van der Waals surface area contributed by atoms with Crippen molar-refractivity contribution in [2.24, 2.45) is 11.8 Å². The van der Waals surface area contributed by atoms with E-state index in [1.54, 1.807) is 0 Å². The van der Waals surface area contributed by atoms with Crippen LogP contribution in [0.4, 0.5) is 0 Å². The summed E-state index contributed by atoms with van der Waals surface area (Å²) in [5.41, 5.74) is 2.31. The second-order valence-electron chi connectivity index (χ2n) is 8.91. The molecule has 2 aliphatic rings. The van der Waals surface area contributed by atoms with Crippen LogP contribution in [-0.4, -0.2) is 13.2 Å². The number of hydrogen-bond acceptors (Lipinski definition) is 2. The van der Waals surface area contributed by atoms with Gasteiger partial charge in [0.25, 0.3) is 0 Å². The van der Waals surface area contributed by atoms with E-state index in [4.69, 9.17) is 9.47 Å². The van der Waals surface area contributed by atoms with Crippen LogP contribution in [0.3, 0.4) is 0 Å². The summed E-state index contributed by atoms with van der Waals surface area (Å²) in [6, 6.07) is 25.9. The average Bonchev–Trinajstić information content (AvgIpc) is 2.92. The van der Waals surface area contributed by atoms with E-state index in [0.717, 1.165) is 22.6 Å². The summed E-state index contributed by atoms with van der Waals surface area (Å²) in [6.45, 7) is 1.42. The van der Waals surface area contributed by atoms with Gasteiger partial charge in [-0.25, -0.2) is 0 Å². The molecule has 3 heteroatoms. The van der Waals surface area contributed by atoms with Crippen LogP contribution in [0, 0.1) is 18.3 Å². The van der Waals surface area contributed by atoms with E-state index in [1.807, 2.05) is 0 Å². The summed E-state index contributed by atoms with van der Waals surface area (Å²) in [6.07, 6.45) is 7.34. The SMILES string of the molecule is [Y].c1ccc2c3c(ccc2c1)OCC(C1CC[CH-]CC1)COc1ccc2ccccc2c1-3. The van der Waals surface area contributed by atoms with Gasteiger partial charge in [-0.3, -0.25) is 0 Å². The molecule has 4 aromatic carbocycles. The quantitative estimate of drug-likeness (QED) is 0.255. The molecular weight excluding hydrogens is 469 g/mol. The predicted molar refractivity (Wildman–Crippen MR) is 128 cm³/mol. The zero-order chi connectivity index (χ0) is 20.6. The summed E-state index contributed by atoms with van der Waals surface area (Å²) < 4.78 is 13.2. The molecule has 2 nitrogen and oxygen atoms in total. The third-order valence-corrected chi connectivity index (χ3v) is 7.09. The normalized spacial score (nSPS) is 17.1. The maximum atomic E-state index is 6.60. The Bertz CT molecular complexity index is 1150. The zero-order valence-corrected chi connectivity index (χ0v) is 21.1. The molecule has 1 aliphatic carbocycles. The molecule has 1 aliphatic heterocycles. The Labute approximate surface area is 215 Å². The monoisotopic (exact) mass is 496 g/mol. The van der Waals surface area contributed by atoms with Crippen molar-refractivity contribution in [1.29, 1.82) is 0 Å². The van der Waals surface area contributed by atoms with E-state index in [2.05, 4.69) is 79.2 Å². The van der Waals surface area contributed by atoms with Crippen LogP contribution in [0.15, 0.2) is 72.8 Å². The van der Waals surface area contributed by atoms with E-state index >= 15 is 0 Å². The van der Waals surface area contributed by atoms with Crippen LogP contribution in [0.1, 0.15) is 25.7 Å². The molecule has 4 aromatic rings. The van der Waals surface area contributed by atoms with Crippen LogP contribution in [0.5, 0.6) is 11.5 Å². The fraction of sp³-hybridized carbons (Fsp3) is 0.276. The molecule has 1 radical (unpaired) electrons. The van der Waals surface area contributed by atoms with Crippen LogP contribution in [0.2, 0.25) is 0 Å². The zero-order valence-electron chi connectivity index (χ0n) is 18.3.